The molecule has 0 aliphatic carbocycles. The summed E-state index contributed by atoms with van der Waals surface area (Å²) in [5.74, 6) is 2.20. The second kappa shape index (κ2) is 11.5. The van der Waals surface area contributed by atoms with Crippen LogP contribution in [-0.4, -0.2) is 34.3 Å². The average Bonchev–Trinajstić information content (AvgIpc) is 2.68. The highest BCUT2D eigenvalue weighted by atomic mass is 127. The molecule has 0 heterocycles. The number of rotatable bonds is 7. The molecule has 0 bridgehead atoms. The lowest BCUT2D eigenvalue weighted by molar-refractivity contribution is 0.368. The number of halogens is 2. The third-order valence-electron chi connectivity index (χ3n) is 3.88. The first-order valence-electron chi connectivity index (χ1n) is 8.09. The summed E-state index contributed by atoms with van der Waals surface area (Å²) in [4.78, 5) is 4.16. The van der Waals surface area contributed by atoms with Crippen molar-refractivity contribution in [2.75, 3.05) is 28.4 Å². The minimum Gasteiger partial charge on any atom is -0.496 e. The molecule has 0 atom stereocenters. The average molecular weight is 489 g/mol. The first kappa shape index (κ1) is 22.8. The van der Waals surface area contributed by atoms with E-state index in [1.54, 1.807) is 58.7 Å². The van der Waals surface area contributed by atoms with E-state index in [-0.39, 0.29) is 29.8 Å². The van der Waals surface area contributed by atoms with E-state index in [0.29, 0.717) is 41.9 Å². The molecule has 0 amide bonds. The lowest BCUT2D eigenvalue weighted by Gasteiger charge is -2.17. The van der Waals surface area contributed by atoms with Crippen LogP contribution in [0.15, 0.2) is 41.4 Å². The third kappa shape index (κ3) is 6.16. The summed E-state index contributed by atoms with van der Waals surface area (Å²) in [7, 11) is 6.41. The number of nitrogens with one attached hydrogen (secondary N) is 2. The smallest absolute Gasteiger partial charge is 0.191 e. The fraction of sp³-hybridized carbons (Fsp3) is 0.316. The molecule has 0 aliphatic rings. The summed E-state index contributed by atoms with van der Waals surface area (Å²) in [6.07, 6.45) is 0. The molecular weight excluding hydrogens is 464 g/mol. The first-order chi connectivity index (χ1) is 12.6. The third-order valence-corrected chi connectivity index (χ3v) is 3.88. The van der Waals surface area contributed by atoms with Gasteiger partial charge in [0.15, 0.2) is 5.96 Å². The normalized spacial score (nSPS) is 10.6. The van der Waals surface area contributed by atoms with Crippen molar-refractivity contribution >= 4 is 29.9 Å². The largest absolute Gasteiger partial charge is 0.496 e. The van der Waals surface area contributed by atoms with Crippen molar-refractivity contribution in [3.63, 3.8) is 0 Å². The molecule has 148 valence electrons. The van der Waals surface area contributed by atoms with E-state index < -0.39 is 0 Å². The first-order valence-corrected chi connectivity index (χ1v) is 8.09. The van der Waals surface area contributed by atoms with E-state index >= 15 is 0 Å². The van der Waals surface area contributed by atoms with Crippen molar-refractivity contribution < 1.29 is 18.6 Å². The molecule has 27 heavy (non-hydrogen) atoms. The van der Waals surface area contributed by atoms with Crippen LogP contribution in [0.3, 0.4) is 0 Å². The minimum atomic E-state index is -0.256. The lowest BCUT2D eigenvalue weighted by Crippen LogP contribution is -2.36. The molecule has 2 aromatic rings. The molecule has 0 radical (unpaired) electrons. The van der Waals surface area contributed by atoms with Gasteiger partial charge in [0.2, 0.25) is 0 Å². The van der Waals surface area contributed by atoms with E-state index in [9.17, 15) is 4.39 Å². The molecule has 2 aromatic carbocycles. The Morgan fingerprint density at radius 2 is 1.56 bits per heavy atom. The van der Waals surface area contributed by atoms with Gasteiger partial charge in [-0.25, -0.2) is 4.39 Å². The van der Waals surface area contributed by atoms with E-state index in [0.717, 1.165) is 5.56 Å². The summed E-state index contributed by atoms with van der Waals surface area (Å²) in [6, 6.07) is 10.2. The van der Waals surface area contributed by atoms with Crippen LogP contribution in [0, 0.1) is 5.82 Å². The number of ether oxygens (including phenoxy) is 3. The van der Waals surface area contributed by atoms with E-state index in [1.165, 1.54) is 6.07 Å². The number of aliphatic imine (C=N–C) groups is 1. The van der Waals surface area contributed by atoms with Gasteiger partial charge in [-0.15, -0.1) is 24.0 Å². The van der Waals surface area contributed by atoms with Gasteiger partial charge in [0, 0.05) is 31.3 Å². The van der Waals surface area contributed by atoms with Crippen LogP contribution >= 0.6 is 24.0 Å². The lowest BCUT2D eigenvalue weighted by atomic mass is 10.1. The Labute approximate surface area is 176 Å². The van der Waals surface area contributed by atoms with Crippen molar-refractivity contribution in [3.8, 4) is 17.2 Å². The Morgan fingerprint density at radius 3 is 2.07 bits per heavy atom. The van der Waals surface area contributed by atoms with Crippen molar-refractivity contribution in [1.29, 1.82) is 0 Å². The van der Waals surface area contributed by atoms with E-state index in [4.69, 9.17) is 14.2 Å². The van der Waals surface area contributed by atoms with Gasteiger partial charge in [-0.2, -0.15) is 0 Å². The maximum absolute atomic E-state index is 13.7. The molecule has 6 nitrogen and oxygen atoms in total. The molecular formula is C19H25FIN3O3. The summed E-state index contributed by atoms with van der Waals surface area (Å²) in [5, 5.41) is 6.26. The monoisotopic (exact) mass is 489 g/mol. The predicted octanol–water partition coefficient (Wildman–Crippen LogP) is 3.33. The molecule has 0 aromatic heterocycles. The molecule has 0 aliphatic heterocycles. The number of guanidine groups is 1. The van der Waals surface area contributed by atoms with Gasteiger partial charge >= 0.3 is 0 Å². The Morgan fingerprint density at radius 1 is 0.963 bits per heavy atom. The van der Waals surface area contributed by atoms with Crippen LogP contribution in [0.1, 0.15) is 11.1 Å². The molecule has 2 N–H and O–H groups in total. The zero-order valence-corrected chi connectivity index (χ0v) is 18.2. The van der Waals surface area contributed by atoms with Gasteiger partial charge in [-0.05, 0) is 6.07 Å². The highest BCUT2D eigenvalue weighted by Gasteiger charge is 2.14. The van der Waals surface area contributed by atoms with Crippen molar-refractivity contribution in [2.24, 2.45) is 4.99 Å². The summed E-state index contributed by atoms with van der Waals surface area (Å²) < 4.78 is 29.8. The van der Waals surface area contributed by atoms with Crippen molar-refractivity contribution in [3.05, 3.63) is 53.3 Å². The maximum atomic E-state index is 13.7. The molecule has 8 heteroatoms. The standard InChI is InChI=1S/C19H24FN3O3.HI/c1-21-19(22-11-13-7-5-6-8-16(13)20)23-12-15-17(25-3)9-14(24-2)10-18(15)26-4;/h5-10H,11-12H2,1-4H3,(H2,21,22,23);1H. The van der Waals surface area contributed by atoms with Gasteiger partial charge in [-0.3, -0.25) is 4.99 Å². The van der Waals surface area contributed by atoms with Crippen LogP contribution < -0.4 is 24.8 Å². The summed E-state index contributed by atoms with van der Waals surface area (Å²) >= 11 is 0. The number of benzene rings is 2. The second-order valence-corrected chi connectivity index (χ2v) is 5.38. The molecule has 0 spiro atoms. The van der Waals surface area contributed by atoms with Gasteiger partial charge in [0.25, 0.3) is 0 Å². The topological polar surface area (TPSA) is 64.1 Å². The second-order valence-electron chi connectivity index (χ2n) is 5.38. The fourth-order valence-corrected chi connectivity index (χ4v) is 2.47. The molecule has 2 rings (SSSR count). The number of hydrogen-bond donors (Lipinski definition) is 2. The van der Waals surface area contributed by atoms with Crippen LogP contribution in [-0.2, 0) is 13.1 Å². The quantitative estimate of drug-likeness (QED) is 0.355. The van der Waals surface area contributed by atoms with Crippen LogP contribution in [0.5, 0.6) is 17.2 Å². The summed E-state index contributed by atoms with van der Waals surface area (Å²) in [6.45, 7) is 0.733. The SMILES string of the molecule is CN=C(NCc1ccccc1F)NCc1c(OC)cc(OC)cc1OC.I. The zero-order valence-electron chi connectivity index (χ0n) is 15.8. The Bertz CT molecular complexity index is 747. The van der Waals surface area contributed by atoms with Gasteiger partial charge < -0.3 is 24.8 Å². The molecule has 0 saturated carbocycles. The highest BCUT2D eigenvalue weighted by Crippen LogP contribution is 2.33. The zero-order chi connectivity index (χ0) is 18.9. The van der Waals surface area contributed by atoms with Gasteiger partial charge in [0.1, 0.15) is 23.1 Å². The number of nitrogens with zero attached hydrogens (tertiary/aromatic N) is 1. The molecule has 0 unspecified atom stereocenters. The number of methoxy groups -OCH3 is 3. The van der Waals surface area contributed by atoms with Crippen molar-refractivity contribution in [2.45, 2.75) is 13.1 Å². The van der Waals surface area contributed by atoms with Crippen LogP contribution in [0.25, 0.3) is 0 Å². The number of hydrogen-bond acceptors (Lipinski definition) is 4. The fourth-order valence-electron chi connectivity index (χ4n) is 2.47. The molecule has 0 fully saturated rings. The van der Waals surface area contributed by atoms with Gasteiger partial charge in [0.05, 0.1) is 33.4 Å². The Kier molecular flexibility index (Phi) is 9.70. The van der Waals surface area contributed by atoms with E-state index in [2.05, 4.69) is 15.6 Å². The van der Waals surface area contributed by atoms with E-state index in [1.807, 2.05) is 0 Å². The van der Waals surface area contributed by atoms with Crippen molar-refractivity contribution in [1.82, 2.24) is 10.6 Å². The van der Waals surface area contributed by atoms with Gasteiger partial charge in [-0.1, -0.05) is 18.2 Å². The highest BCUT2D eigenvalue weighted by molar-refractivity contribution is 14.0. The minimum absolute atomic E-state index is 0. The predicted molar refractivity (Wildman–Crippen MR) is 115 cm³/mol. The molecule has 0 saturated heterocycles. The van der Waals surface area contributed by atoms with Crippen LogP contribution in [0.2, 0.25) is 0 Å². The Hall–Kier alpha value is -2.23. The summed E-state index contributed by atoms with van der Waals surface area (Å²) in [5.41, 5.74) is 1.39. The Balaban J connectivity index is 0.00000364. The van der Waals surface area contributed by atoms with Crippen LogP contribution in [0.4, 0.5) is 4.39 Å². The maximum Gasteiger partial charge on any atom is 0.191 e.